The third-order valence-electron chi connectivity index (χ3n) is 4.79. The van der Waals surface area contributed by atoms with Crippen molar-refractivity contribution in [2.24, 2.45) is 5.92 Å². The molecule has 30 heavy (non-hydrogen) atoms. The van der Waals surface area contributed by atoms with Crippen molar-refractivity contribution in [3.05, 3.63) is 29.1 Å². The Labute approximate surface area is 167 Å². The van der Waals surface area contributed by atoms with Gasteiger partial charge in [0, 0.05) is 17.7 Å². The Morgan fingerprint density at radius 1 is 1.23 bits per heavy atom. The van der Waals surface area contributed by atoms with Gasteiger partial charge in [-0.3, -0.25) is 9.59 Å². The van der Waals surface area contributed by atoms with E-state index < -0.39 is 41.7 Å². The average Bonchev–Trinajstić information content (AvgIpc) is 3.01. The fraction of sp³-hybridized carbons (Fsp3) is 0.500. The van der Waals surface area contributed by atoms with Crippen LogP contribution in [0.25, 0.3) is 0 Å². The number of halogens is 5. The van der Waals surface area contributed by atoms with Gasteiger partial charge in [0.2, 0.25) is 5.91 Å². The first-order valence-corrected chi connectivity index (χ1v) is 8.77. The molecule has 0 bridgehead atoms. The Hall–Kier alpha value is -2.92. The summed E-state index contributed by atoms with van der Waals surface area (Å²) in [6, 6.07) is 2.55. The maximum Gasteiger partial charge on any atom is 0.490 e. The quantitative estimate of drug-likeness (QED) is 0.537. The van der Waals surface area contributed by atoms with Gasteiger partial charge in [-0.1, -0.05) is 0 Å². The molecule has 2 aliphatic rings. The van der Waals surface area contributed by atoms with Crippen LogP contribution in [0.4, 0.5) is 27.6 Å². The number of aryl methyl sites for hydroxylation is 1. The molecule has 3 rings (SSSR count). The van der Waals surface area contributed by atoms with Crippen molar-refractivity contribution in [3.63, 3.8) is 0 Å². The number of carboxylic acid groups (broad SMARTS) is 2. The summed E-state index contributed by atoms with van der Waals surface area (Å²) < 4.78 is 59.8. The Kier molecular flexibility index (Phi) is 6.57. The van der Waals surface area contributed by atoms with Gasteiger partial charge in [0.15, 0.2) is 0 Å². The van der Waals surface area contributed by atoms with Gasteiger partial charge >= 0.3 is 18.1 Å². The molecule has 1 saturated carbocycles. The SMILES string of the molecule is Cc1cc(F)c2c(c1)NC(C(=O)NCC1(F)CC(C(=O)O)C1)C2.O=C(O)C(F)(F)F. The highest BCUT2D eigenvalue weighted by atomic mass is 19.4. The van der Waals surface area contributed by atoms with E-state index in [1.807, 2.05) is 0 Å². The largest absolute Gasteiger partial charge is 0.490 e. The van der Waals surface area contributed by atoms with Crippen molar-refractivity contribution in [1.29, 1.82) is 0 Å². The van der Waals surface area contributed by atoms with Gasteiger partial charge in [-0.15, -0.1) is 0 Å². The molecule has 1 heterocycles. The minimum absolute atomic E-state index is 0.0885. The van der Waals surface area contributed by atoms with Gasteiger partial charge in [0.05, 0.1) is 12.5 Å². The minimum atomic E-state index is -5.08. The van der Waals surface area contributed by atoms with Crippen LogP contribution in [-0.4, -0.2) is 52.5 Å². The summed E-state index contributed by atoms with van der Waals surface area (Å²) in [5.41, 5.74) is 0.144. The molecular formula is C18H19F5N2O5. The number of anilines is 1. The maximum absolute atomic E-state index is 14.2. The van der Waals surface area contributed by atoms with E-state index in [2.05, 4.69) is 10.6 Å². The standard InChI is InChI=1S/C16H18F2N2O3.C2HF3O2/c1-8-2-11(17)10-4-13(20-12(10)3-8)14(21)19-7-16(18)5-9(6-16)15(22)23;3-2(4,5)1(6)7/h2-3,9,13,20H,4-7H2,1H3,(H,19,21)(H,22,23);(H,6,7). The molecule has 0 aromatic heterocycles. The molecule has 7 nitrogen and oxygen atoms in total. The number of carbonyl (C=O) groups is 3. The van der Waals surface area contributed by atoms with Gasteiger partial charge in [0.1, 0.15) is 17.5 Å². The zero-order valence-electron chi connectivity index (χ0n) is 15.6. The van der Waals surface area contributed by atoms with Crippen LogP contribution < -0.4 is 10.6 Å². The van der Waals surface area contributed by atoms with E-state index in [4.69, 9.17) is 15.0 Å². The maximum atomic E-state index is 14.2. The van der Waals surface area contributed by atoms with Gasteiger partial charge in [-0.2, -0.15) is 13.2 Å². The third kappa shape index (κ3) is 5.57. The molecule has 4 N–H and O–H groups in total. The first kappa shape index (κ1) is 23.4. The molecular weight excluding hydrogens is 419 g/mol. The fourth-order valence-electron chi connectivity index (χ4n) is 3.22. The van der Waals surface area contributed by atoms with E-state index >= 15 is 0 Å². The van der Waals surface area contributed by atoms with Crippen LogP contribution in [0.5, 0.6) is 0 Å². The normalized spacial score (nSPS) is 24.5. The third-order valence-corrected chi connectivity index (χ3v) is 4.79. The highest BCUT2D eigenvalue weighted by Crippen LogP contribution is 2.41. The number of carbonyl (C=O) groups excluding carboxylic acids is 1. The first-order valence-electron chi connectivity index (χ1n) is 8.77. The van der Waals surface area contributed by atoms with Crippen molar-refractivity contribution >= 4 is 23.5 Å². The number of carboxylic acids is 2. The zero-order chi connectivity index (χ0) is 22.9. The van der Waals surface area contributed by atoms with E-state index in [9.17, 15) is 31.5 Å². The van der Waals surface area contributed by atoms with E-state index in [1.54, 1.807) is 13.0 Å². The Morgan fingerprint density at radius 3 is 2.30 bits per heavy atom. The minimum Gasteiger partial charge on any atom is -0.481 e. The van der Waals surface area contributed by atoms with Crippen molar-refractivity contribution < 1.29 is 46.5 Å². The summed E-state index contributed by atoms with van der Waals surface area (Å²) in [6.07, 6.45) is -5.05. The lowest BCUT2D eigenvalue weighted by Gasteiger charge is -2.39. The summed E-state index contributed by atoms with van der Waals surface area (Å²) in [4.78, 5) is 31.7. The van der Waals surface area contributed by atoms with E-state index in [0.29, 0.717) is 11.3 Å². The first-order chi connectivity index (χ1) is 13.7. The van der Waals surface area contributed by atoms with Crippen LogP contribution in [0.2, 0.25) is 0 Å². The Bertz CT molecular complexity index is 852. The van der Waals surface area contributed by atoms with Crippen molar-refractivity contribution in [3.8, 4) is 0 Å². The zero-order valence-corrected chi connectivity index (χ0v) is 15.6. The van der Waals surface area contributed by atoms with Crippen LogP contribution in [0, 0.1) is 18.7 Å². The number of rotatable bonds is 4. The molecule has 1 aliphatic heterocycles. The van der Waals surface area contributed by atoms with Gasteiger partial charge < -0.3 is 20.8 Å². The molecule has 0 saturated heterocycles. The molecule has 1 aliphatic carbocycles. The van der Waals surface area contributed by atoms with Crippen LogP contribution in [0.15, 0.2) is 12.1 Å². The lowest BCUT2D eigenvalue weighted by Crippen LogP contribution is -2.53. The average molecular weight is 438 g/mol. The molecule has 1 aromatic rings. The lowest BCUT2D eigenvalue weighted by molar-refractivity contribution is -0.192. The predicted octanol–water partition coefficient (Wildman–Crippen LogP) is 2.42. The summed E-state index contributed by atoms with van der Waals surface area (Å²) in [5.74, 6) is -5.21. The van der Waals surface area contributed by atoms with Crippen molar-refractivity contribution in [1.82, 2.24) is 5.32 Å². The topological polar surface area (TPSA) is 116 Å². The number of hydrogen-bond acceptors (Lipinski definition) is 4. The second-order valence-corrected chi connectivity index (χ2v) is 7.29. The van der Waals surface area contributed by atoms with Gasteiger partial charge in [-0.25, -0.2) is 13.6 Å². The van der Waals surface area contributed by atoms with Gasteiger partial charge in [0.25, 0.3) is 0 Å². The number of amides is 1. The molecule has 1 unspecified atom stereocenters. The second-order valence-electron chi connectivity index (χ2n) is 7.29. The van der Waals surface area contributed by atoms with Crippen molar-refractivity contribution in [2.45, 2.75) is 44.1 Å². The molecule has 1 atom stereocenters. The summed E-state index contributed by atoms with van der Waals surface area (Å²) in [6.45, 7) is 1.55. The number of benzene rings is 1. The van der Waals surface area contributed by atoms with Gasteiger partial charge in [-0.05, 0) is 37.5 Å². The Morgan fingerprint density at radius 2 is 1.80 bits per heavy atom. The van der Waals surface area contributed by atoms with E-state index in [0.717, 1.165) is 5.56 Å². The number of aliphatic carboxylic acids is 2. The summed E-state index contributed by atoms with van der Waals surface area (Å²) in [7, 11) is 0. The predicted molar refractivity (Wildman–Crippen MR) is 93.2 cm³/mol. The number of hydrogen-bond donors (Lipinski definition) is 4. The van der Waals surface area contributed by atoms with Crippen molar-refractivity contribution in [2.75, 3.05) is 11.9 Å². The lowest BCUT2D eigenvalue weighted by atomic mass is 9.72. The van der Waals surface area contributed by atoms with E-state index in [1.165, 1.54) is 6.07 Å². The summed E-state index contributed by atoms with van der Waals surface area (Å²) >= 11 is 0. The van der Waals surface area contributed by atoms with Crippen LogP contribution in [-0.2, 0) is 20.8 Å². The number of nitrogens with one attached hydrogen (secondary N) is 2. The number of alkyl halides is 4. The fourth-order valence-corrected chi connectivity index (χ4v) is 3.22. The van der Waals surface area contributed by atoms with Crippen LogP contribution in [0.3, 0.4) is 0 Å². The van der Waals surface area contributed by atoms with Crippen LogP contribution in [0.1, 0.15) is 24.0 Å². The molecule has 1 aromatic carbocycles. The monoisotopic (exact) mass is 438 g/mol. The number of fused-ring (bicyclic) bond motifs is 1. The molecule has 0 radical (unpaired) electrons. The second kappa shape index (κ2) is 8.44. The Balaban J connectivity index is 0.000000396. The van der Waals surface area contributed by atoms with E-state index in [-0.39, 0.29) is 31.6 Å². The molecule has 0 spiro atoms. The molecule has 1 amide bonds. The molecule has 1 fully saturated rings. The summed E-state index contributed by atoms with van der Waals surface area (Å²) in [5, 5.41) is 21.3. The highest BCUT2D eigenvalue weighted by molar-refractivity contribution is 5.87. The smallest absolute Gasteiger partial charge is 0.481 e. The van der Waals surface area contributed by atoms with Crippen LogP contribution >= 0.6 is 0 Å². The molecule has 12 heteroatoms. The molecule has 166 valence electrons. The highest BCUT2D eigenvalue weighted by Gasteiger charge is 2.48.